The van der Waals surface area contributed by atoms with Gasteiger partial charge in [0.05, 0.1) is 23.5 Å². The highest BCUT2D eigenvalue weighted by atomic mass is 19.4. The summed E-state index contributed by atoms with van der Waals surface area (Å²) in [6.07, 6.45) is 1.65. The van der Waals surface area contributed by atoms with Crippen LogP contribution in [-0.2, 0) is 26.2 Å². The molecular weight excluding hydrogens is 617 g/mol. The molecule has 1 unspecified atom stereocenters. The van der Waals surface area contributed by atoms with Crippen LogP contribution in [0.2, 0.25) is 0 Å². The van der Waals surface area contributed by atoms with E-state index in [1.807, 2.05) is 43.0 Å². The molecule has 1 aliphatic heterocycles. The van der Waals surface area contributed by atoms with Gasteiger partial charge < -0.3 is 14.2 Å². The van der Waals surface area contributed by atoms with Crippen LogP contribution in [0, 0.1) is 11.3 Å². The highest BCUT2D eigenvalue weighted by Crippen LogP contribution is 2.45. The van der Waals surface area contributed by atoms with Crippen molar-refractivity contribution in [3.63, 3.8) is 0 Å². The van der Waals surface area contributed by atoms with Crippen molar-refractivity contribution in [2.45, 2.75) is 103 Å². The zero-order chi connectivity index (χ0) is 34.5. The van der Waals surface area contributed by atoms with Gasteiger partial charge in [0, 0.05) is 25.1 Å². The topological polar surface area (TPSA) is 48.0 Å². The number of benzene rings is 2. The summed E-state index contributed by atoms with van der Waals surface area (Å²) in [6.45, 7) is 6.73. The number of rotatable bonds is 13. The summed E-state index contributed by atoms with van der Waals surface area (Å²) in [6, 6.07) is 14.6. The van der Waals surface area contributed by atoms with E-state index < -0.39 is 29.2 Å². The lowest BCUT2D eigenvalue weighted by Crippen LogP contribution is -2.47. The molecule has 2 aliphatic rings. The lowest BCUT2D eigenvalue weighted by atomic mass is 9.67. The quantitative estimate of drug-likeness (QED) is 0.158. The molecule has 260 valence electrons. The molecule has 10 heteroatoms. The van der Waals surface area contributed by atoms with Crippen molar-refractivity contribution < 1.29 is 41.0 Å². The summed E-state index contributed by atoms with van der Waals surface area (Å²) < 4.78 is 83.7. The van der Waals surface area contributed by atoms with Crippen LogP contribution in [0.25, 0.3) is 5.57 Å². The van der Waals surface area contributed by atoms with Crippen LogP contribution in [0.5, 0.6) is 5.75 Å². The van der Waals surface area contributed by atoms with Crippen LogP contribution in [0.4, 0.5) is 22.0 Å². The van der Waals surface area contributed by atoms with Gasteiger partial charge in [-0.1, -0.05) is 42.5 Å². The van der Waals surface area contributed by atoms with E-state index in [2.05, 4.69) is 10.8 Å². The maximum atomic E-state index is 14.1. The standard InChI is InChI=1S/C37H48F5NO4/c1-6-45-32(44)29-13-11-28(12-14-29)27-9-7-26(8-10-27)23-43(25-34(2,3)37(40,41)42)21-19-36(20-22-46-35(4,5)24-36)30-15-17-31(18-16-30)47-33(38)39/h7-11,15-18,29,33H,6,12-14,19-25H2,1-5H3/t29?,36-/m1/s1. The summed E-state index contributed by atoms with van der Waals surface area (Å²) >= 11 is 0. The molecule has 0 amide bonds. The first-order valence-corrected chi connectivity index (χ1v) is 16.5. The maximum Gasteiger partial charge on any atom is 0.395 e. The van der Waals surface area contributed by atoms with E-state index in [1.165, 1.54) is 26.0 Å². The largest absolute Gasteiger partial charge is 0.466 e. The number of allylic oxidation sites excluding steroid dienone is 2. The van der Waals surface area contributed by atoms with Crippen molar-refractivity contribution in [3.05, 3.63) is 71.3 Å². The second kappa shape index (κ2) is 15.1. The van der Waals surface area contributed by atoms with Gasteiger partial charge in [-0.2, -0.15) is 22.0 Å². The number of carbonyl (C=O) groups is 1. The zero-order valence-electron chi connectivity index (χ0n) is 28.1. The molecule has 0 N–H and O–H groups in total. The van der Waals surface area contributed by atoms with Gasteiger partial charge in [0.2, 0.25) is 0 Å². The van der Waals surface area contributed by atoms with E-state index in [9.17, 15) is 26.7 Å². The first-order valence-electron chi connectivity index (χ1n) is 16.5. The Labute approximate surface area is 275 Å². The van der Waals surface area contributed by atoms with Crippen molar-refractivity contribution >= 4 is 11.5 Å². The molecule has 0 radical (unpaired) electrons. The minimum Gasteiger partial charge on any atom is -0.466 e. The van der Waals surface area contributed by atoms with Crippen molar-refractivity contribution in [2.75, 3.05) is 26.3 Å². The molecule has 1 heterocycles. The molecule has 0 aromatic heterocycles. The van der Waals surface area contributed by atoms with Crippen molar-refractivity contribution in [3.8, 4) is 5.75 Å². The lowest BCUT2D eigenvalue weighted by Gasteiger charge is -2.46. The number of halogens is 5. The van der Waals surface area contributed by atoms with E-state index in [0.29, 0.717) is 52.0 Å². The number of esters is 1. The van der Waals surface area contributed by atoms with Crippen molar-refractivity contribution in [2.24, 2.45) is 11.3 Å². The monoisotopic (exact) mass is 665 g/mol. The SMILES string of the molecule is CCOC(=O)C1CC=C(c2ccc(CN(CC[C@@]3(c4ccc(OC(F)F)cc4)CCOC(C)(C)C3)CC(C)(C)C(F)(F)F)cc2)CC1. The third-order valence-electron chi connectivity index (χ3n) is 9.58. The molecule has 1 fully saturated rings. The van der Waals surface area contributed by atoms with Gasteiger partial charge in [-0.3, -0.25) is 9.69 Å². The lowest BCUT2D eigenvalue weighted by molar-refractivity contribution is -0.217. The Hall–Kier alpha value is -2.98. The third kappa shape index (κ3) is 9.78. The average molecular weight is 666 g/mol. The van der Waals surface area contributed by atoms with Gasteiger partial charge in [0.1, 0.15) is 5.75 Å². The fraction of sp³-hybridized carbons (Fsp3) is 0.595. The second-order valence-corrected chi connectivity index (χ2v) is 14.2. The van der Waals surface area contributed by atoms with Crippen LogP contribution in [-0.4, -0.2) is 55.6 Å². The fourth-order valence-electron chi connectivity index (χ4n) is 6.96. The van der Waals surface area contributed by atoms with Gasteiger partial charge >= 0.3 is 18.8 Å². The Balaban J connectivity index is 1.54. The molecule has 0 spiro atoms. The van der Waals surface area contributed by atoms with Gasteiger partial charge in [0.15, 0.2) is 0 Å². The highest BCUT2D eigenvalue weighted by Gasteiger charge is 2.48. The molecular formula is C37H48F5NO4. The number of nitrogens with zero attached hydrogens (tertiary/aromatic N) is 1. The summed E-state index contributed by atoms with van der Waals surface area (Å²) in [7, 11) is 0. The van der Waals surface area contributed by atoms with Gasteiger partial charge in [-0.25, -0.2) is 0 Å². The summed E-state index contributed by atoms with van der Waals surface area (Å²) in [5.41, 5.74) is 1.20. The minimum absolute atomic E-state index is 0.0602. The number of carbonyl (C=O) groups excluding carboxylic acids is 1. The van der Waals surface area contributed by atoms with Crippen molar-refractivity contribution in [1.82, 2.24) is 4.90 Å². The van der Waals surface area contributed by atoms with E-state index in [-0.39, 0.29) is 24.2 Å². The van der Waals surface area contributed by atoms with Crippen LogP contribution in [0.1, 0.15) is 89.8 Å². The number of hydrogen-bond acceptors (Lipinski definition) is 5. The molecule has 0 saturated carbocycles. The fourth-order valence-corrected chi connectivity index (χ4v) is 6.96. The summed E-state index contributed by atoms with van der Waals surface area (Å²) in [4.78, 5) is 14.0. The second-order valence-electron chi connectivity index (χ2n) is 14.2. The molecule has 2 atom stereocenters. The number of hydrogen-bond donors (Lipinski definition) is 0. The summed E-state index contributed by atoms with van der Waals surface area (Å²) in [5.74, 6) is -0.231. The van der Waals surface area contributed by atoms with Crippen LogP contribution in [0.3, 0.4) is 0 Å². The van der Waals surface area contributed by atoms with E-state index >= 15 is 0 Å². The zero-order valence-corrected chi connectivity index (χ0v) is 28.1. The normalized spacial score (nSPS) is 21.9. The predicted octanol–water partition coefficient (Wildman–Crippen LogP) is 9.34. The van der Waals surface area contributed by atoms with E-state index in [4.69, 9.17) is 9.47 Å². The molecule has 0 bridgehead atoms. The number of alkyl halides is 5. The third-order valence-corrected chi connectivity index (χ3v) is 9.58. The Morgan fingerprint density at radius 3 is 2.30 bits per heavy atom. The summed E-state index contributed by atoms with van der Waals surface area (Å²) in [5, 5.41) is 0. The Kier molecular flexibility index (Phi) is 11.8. The molecule has 2 aromatic carbocycles. The molecule has 2 aromatic rings. The van der Waals surface area contributed by atoms with Crippen LogP contribution in [0.15, 0.2) is 54.6 Å². The minimum atomic E-state index is -4.39. The Morgan fingerprint density at radius 1 is 1.06 bits per heavy atom. The Morgan fingerprint density at radius 2 is 1.74 bits per heavy atom. The smallest absolute Gasteiger partial charge is 0.395 e. The molecule has 4 rings (SSSR count). The van der Waals surface area contributed by atoms with Crippen LogP contribution < -0.4 is 4.74 Å². The van der Waals surface area contributed by atoms with Crippen LogP contribution >= 0.6 is 0 Å². The number of ether oxygens (including phenoxy) is 3. The molecule has 47 heavy (non-hydrogen) atoms. The molecule has 1 aliphatic carbocycles. The molecule has 1 saturated heterocycles. The first kappa shape index (κ1) is 36.8. The highest BCUT2D eigenvalue weighted by molar-refractivity contribution is 5.75. The predicted molar refractivity (Wildman–Crippen MR) is 172 cm³/mol. The molecule has 5 nitrogen and oxygen atoms in total. The first-order chi connectivity index (χ1) is 22.0. The maximum absolute atomic E-state index is 14.1. The van der Waals surface area contributed by atoms with Gasteiger partial charge in [-0.15, -0.1) is 0 Å². The van der Waals surface area contributed by atoms with E-state index in [1.54, 1.807) is 19.1 Å². The van der Waals surface area contributed by atoms with E-state index in [0.717, 1.165) is 35.1 Å². The van der Waals surface area contributed by atoms with Gasteiger partial charge in [-0.05, 0) is 114 Å². The van der Waals surface area contributed by atoms with Gasteiger partial charge in [0.25, 0.3) is 0 Å². The average Bonchev–Trinajstić information content (AvgIpc) is 2.99. The Bertz CT molecular complexity index is 1350. The van der Waals surface area contributed by atoms with Crippen molar-refractivity contribution in [1.29, 1.82) is 0 Å².